The van der Waals surface area contributed by atoms with E-state index in [-0.39, 0.29) is 46.7 Å². The quantitative estimate of drug-likeness (QED) is 0.722. The number of aldehydes is 2. The largest absolute Gasteiger partial charge is 0.507 e. The lowest BCUT2D eigenvalue weighted by molar-refractivity contribution is 0.0524. The van der Waals surface area contributed by atoms with Crippen molar-refractivity contribution >= 4 is 18.5 Å². The van der Waals surface area contributed by atoms with E-state index in [9.17, 15) is 19.5 Å². The van der Waals surface area contributed by atoms with Crippen LogP contribution in [-0.2, 0) is 0 Å². The third-order valence-corrected chi connectivity index (χ3v) is 5.11. The first-order valence-electron chi connectivity index (χ1n) is 9.43. The predicted molar refractivity (Wildman–Crippen MR) is 106 cm³/mol. The highest BCUT2D eigenvalue weighted by molar-refractivity contribution is 6.03. The van der Waals surface area contributed by atoms with Crippen LogP contribution in [0.4, 0.5) is 0 Å². The molecule has 1 saturated heterocycles. The maximum Gasteiger partial charge on any atom is 0.255 e. The molecule has 1 N–H and O–H groups in total. The van der Waals surface area contributed by atoms with Crippen molar-refractivity contribution in [2.75, 3.05) is 20.3 Å². The maximum atomic E-state index is 13.2. The van der Waals surface area contributed by atoms with Gasteiger partial charge in [-0.3, -0.25) is 14.4 Å². The number of phenols is 1. The van der Waals surface area contributed by atoms with Gasteiger partial charge < -0.3 is 19.5 Å². The zero-order valence-corrected chi connectivity index (χ0v) is 16.2. The van der Waals surface area contributed by atoms with Gasteiger partial charge in [-0.1, -0.05) is 12.1 Å². The highest BCUT2D eigenvalue weighted by atomic mass is 16.5. The number of nitrogens with zero attached hydrogens (tertiary/aromatic N) is 1. The summed E-state index contributed by atoms with van der Waals surface area (Å²) in [5.74, 6) is 0.214. The van der Waals surface area contributed by atoms with E-state index in [0.717, 1.165) is 19.3 Å². The summed E-state index contributed by atoms with van der Waals surface area (Å²) in [7, 11) is 1.45. The van der Waals surface area contributed by atoms with E-state index in [1.54, 1.807) is 35.2 Å². The molecule has 29 heavy (non-hydrogen) atoms. The molecule has 0 aromatic heterocycles. The Hall–Kier alpha value is -3.35. The van der Waals surface area contributed by atoms with Crippen molar-refractivity contribution in [3.8, 4) is 17.2 Å². The molecule has 0 aliphatic carbocycles. The molecule has 7 nitrogen and oxygen atoms in total. The lowest BCUT2D eigenvalue weighted by atomic mass is 9.99. The topological polar surface area (TPSA) is 93.1 Å². The second kappa shape index (κ2) is 9.23. The molecule has 2 aromatic carbocycles. The fraction of sp³-hybridized carbons (Fsp3) is 0.318. The van der Waals surface area contributed by atoms with Gasteiger partial charge in [0.05, 0.1) is 29.8 Å². The van der Waals surface area contributed by atoms with Crippen LogP contribution >= 0.6 is 0 Å². The highest BCUT2D eigenvalue weighted by Gasteiger charge is 2.30. The van der Waals surface area contributed by atoms with Gasteiger partial charge in [-0.2, -0.15) is 0 Å². The summed E-state index contributed by atoms with van der Waals surface area (Å²) in [6.07, 6.45) is 3.71. The Morgan fingerprint density at radius 3 is 2.55 bits per heavy atom. The van der Waals surface area contributed by atoms with E-state index in [4.69, 9.17) is 9.47 Å². The van der Waals surface area contributed by atoms with Crippen molar-refractivity contribution in [3.63, 3.8) is 0 Å². The Morgan fingerprint density at radius 2 is 1.83 bits per heavy atom. The highest BCUT2D eigenvalue weighted by Crippen LogP contribution is 2.28. The number of aromatic hydroxyl groups is 1. The molecule has 1 aliphatic rings. The van der Waals surface area contributed by atoms with E-state index >= 15 is 0 Å². The van der Waals surface area contributed by atoms with Gasteiger partial charge in [-0.05, 0) is 43.5 Å². The summed E-state index contributed by atoms with van der Waals surface area (Å²) in [4.78, 5) is 37.7. The molecular formula is C22H23NO6. The molecule has 0 bridgehead atoms. The predicted octanol–water partition coefficient (Wildman–Crippen LogP) is 3.10. The average molecular weight is 397 g/mol. The summed E-state index contributed by atoms with van der Waals surface area (Å²) in [5, 5.41) is 9.80. The van der Waals surface area contributed by atoms with Gasteiger partial charge >= 0.3 is 0 Å². The number of likely N-dealkylation sites (tertiary alicyclic amines) is 1. The van der Waals surface area contributed by atoms with Crippen LogP contribution in [0.3, 0.4) is 0 Å². The van der Waals surface area contributed by atoms with Crippen LogP contribution in [0.5, 0.6) is 17.2 Å². The van der Waals surface area contributed by atoms with Crippen LogP contribution in [0.2, 0.25) is 0 Å². The van der Waals surface area contributed by atoms with E-state index in [1.165, 1.54) is 13.2 Å². The number of methoxy groups -OCH3 is 1. The monoisotopic (exact) mass is 397 g/mol. The summed E-state index contributed by atoms with van der Waals surface area (Å²) in [6.45, 7) is 0.722. The van der Waals surface area contributed by atoms with E-state index < -0.39 is 0 Å². The van der Waals surface area contributed by atoms with E-state index in [2.05, 4.69) is 0 Å². The molecule has 1 atom stereocenters. The lowest BCUT2D eigenvalue weighted by Crippen LogP contribution is -2.47. The Bertz CT molecular complexity index is 910. The number of carbonyl (C=O) groups is 3. The average Bonchev–Trinajstić information content (AvgIpc) is 2.76. The molecule has 1 heterocycles. The zero-order chi connectivity index (χ0) is 20.8. The molecule has 0 spiro atoms. The Labute approximate surface area is 168 Å². The number of benzene rings is 2. The van der Waals surface area contributed by atoms with Gasteiger partial charge in [-0.15, -0.1) is 0 Å². The molecule has 152 valence electrons. The summed E-state index contributed by atoms with van der Waals surface area (Å²) < 4.78 is 11.0. The molecule has 1 aliphatic heterocycles. The SMILES string of the molecule is COc1cccc(C(=O)N2CCCCC2COc2cccc(O)c2C=O)c1C=O. The second-order valence-electron chi connectivity index (χ2n) is 6.81. The van der Waals surface area contributed by atoms with Crippen LogP contribution in [0.25, 0.3) is 0 Å². The van der Waals surface area contributed by atoms with Crippen LogP contribution in [0.1, 0.15) is 50.3 Å². The van der Waals surface area contributed by atoms with Crippen LogP contribution < -0.4 is 9.47 Å². The summed E-state index contributed by atoms with van der Waals surface area (Å²) >= 11 is 0. The smallest absolute Gasteiger partial charge is 0.255 e. The van der Waals surface area contributed by atoms with Crippen molar-refractivity contribution in [2.45, 2.75) is 25.3 Å². The standard InChI is InChI=1S/C22H23NO6/c1-28-20-9-4-7-16(17(20)12-24)22(27)23-11-3-2-6-15(23)14-29-21-10-5-8-19(26)18(21)13-25/h4-5,7-10,12-13,15,26H,2-3,6,11,14H2,1H3. The first-order chi connectivity index (χ1) is 14.1. The number of ether oxygens (including phenoxy) is 2. The van der Waals surface area contributed by atoms with Gasteiger partial charge in [0.25, 0.3) is 5.91 Å². The molecule has 0 radical (unpaired) electrons. The number of amides is 1. The lowest BCUT2D eigenvalue weighted by Gasteiger charge is -2.36. The van der Waals surface area contributed by atoms with Gasteiger partial charge in [0.1, 0.15) is 23.9 Å². The number of hydrogen-bond acceptors (Lipinski definition) is 6. The van der Waals surface area contributed by atoms with Crippen LogP contribution in [0, 0.1) is 0 Å². The molecule has 0 saturated carbocycles. The van der Waals surface area contributed by atoms with E-state index in [1.807, 2.05) is 0 Å². The number of hydrogen-bond donors (Lipinski definition) is 1. The Balaban J connectivity index is 1.82. The van der Waals surface area contributed by atoms with Crippen molar-refractivity contribution < 1.29 is 29.0 Å². The number of piperidine rings is 1. The third kappa shape index (κ3) is 4.23. The van der Waals surface area contributed by atoms with Gasteiger partial charge in [-0.25, -0.2) is 0 Å². The van der Waals surface area contributed by atoms with Crippen molar-refractivity contribution in [3.05, 3.63) is 53.1 Å². The number of phenolic OH excluding ortho intramolecular Hbond substituents is 1. The Morgan fingerprint density at radius 1 is 1.10 bits per heavy atom. The minimum absolute atomic E-state index is 0.0808. The summed E-state index contributed by atoms with van der Waals surface area (Å²) in [5.41, 5.74) is 0.593. The molecule has 1 fully saturated rings. The van der Waals surface area contributed by atoms with Crippen LogP contribution in [0.15, 0.2) is 36.4 Å². The molecule has 2 aromatic rings. The molecule has 3 rings (SSSR count). The summed E-state index contributed by atoms with van der Waals surface area (Å²) in [6, 6.07) is 9.32. The normalized spacial score (nSPS) is 16.2. The van der Waals surface area contributed by atoms with Gasteiger partial charge in [0.2, 0.25) is 0 Å². The zero-order valence-electron chi connectivity index (χ0n) is 16.2. The number of carbonyl (C=O) groups excluding carboxylic acids is 3. The molecule has 1 amide bonds. The van der Waals surface area contributed by atoms with Crippen molar-refractivity contribution in [1.29, 1.82) is 0 Å². The molecule has 7 heteroatoms. The number of rotatable bonds is 7. The second-order valence-corrected chi connectivity index (χ2v) is 6.81. The molecular weight excluding hydrogens is 374 g/mol. The fourth-order valence-corrected chi connectivity index (χ4v) is 3.59. The first kappa shape index (κ1) is 20.4. The first-order valence-corrected chi connectivity index (χ1v) is 9.43. The van der Waals surface area contributed by atoms with Crippen LogP contribution in [-0.4, -0.2) is 54.8 Å². The fourth-order valence-electron chi connectivity index (χ4n) is 3.59. The molecule has 1 unspecified atom stereocenters. The Kier molecular flexibility index (Phi) is 6.49. The van der Waals surface area contributed by atoms with Gasteiger partial charge in [0.15, 0.2) is 12.6 Å². The maximum absolute atomic E-state index is 13.2. The van der Waals surface area contributed by atoms with Crippen molar-refractivity contribution in [1.82, 2.24) is 4.90 Å². The third-order valence-electron chi connectivity index (χ3n) is 5.11. The minimum Gasteiger partial charge on any atom is -0.507 e. The van der Waals surface area contributed by atoms with E-state index in [0.29, 0.717) is 24.9 Å². The van der Waals surface area contributed by atoms with Gasteiger partial charge in [0, 0.05) is 6.54 Å². The minimum atomic E-state index is -0.259. The van der Waals surface area contributed by atoms with Crippen molar-refractivity contribution in [2.24, 2.45) is 0 Å².